The Morgan fingerprint density at radius 3 is 2.05 bits per heavy atom. The number of rotatable bonds is 10. The predicted molar refractivity (Wildman–Crippen MR) is 150 cm³/mol. The van der Waals surface area contributed by atoms with Crippen molar-refractivity contribution in [1.29, 1.82) is 0 Å². The average Bonchev–Trinajstić information content (AvgIpc) is 2.90. The summed E-state index contributed by atoms with van der Waals surface area (Å²) in [6.07, 6.45) is 0. The van der Waals surface area contributed by atoms with Crippen molar-refractivity contribution in [2.75, 3.05) is 16.6 Å². The van der Waals surface area contributed by atoms with Crippen LogP contribution in [0, 0.1) is 6.92 Å². The van der Waals surface area contributed by atoms with Crippen molar-refractivity contribution >= 4 is 39.1 Å². The molecule has 37 heavy (non-hydrogen) atoms. The van der Waals surface area contributed by atoms with Crippen LogP contribution in [-0.4, -0.2) is 20.9 Å². The summed E-state index contributed by atoms with van der Waals surface area (Å²) in [5.41, 5.74) is 3.82. The minimum Gasteiger partial charge on any atom is -0.494 e. The maximum Gasteiger partial charge on any atom is 0.261 e. The Bertz CT molecular complexity index is 1430. The Balaban J connectivity index is 1.33. The Hall–Kier alpha value is -3.75. The maximum atomic E-state index is 12.7. The zero-order valence-electron chi connectivity index (χ0n) is 20.6. The monoisotopic (exact) mass is 532 g/mol. The number of sulfonamides is 1. The van der Waals surface area contributed by atoms with Crippen LogP contribution in [0.25, 0.3) is 0 Å². The number of hydrogen-bond donors (Lipinski definition) is 2. The fourth-order valence-corrected chi connectivity index (χ4v) is 5.39. The Kier molecular flexibility index (Phi) is 8.53. The Morgan fingerprint density at radius 2 is 1.43 bits per heavy atom. The van der Waals surface area contributed by atoms with Crippen LogP contribution in [-0.2, 0) is 15.8 Å². The molecule has 2 N–H and O–H groups in total. The lowest BCUT2D eigenvalue weighted by atomic mass is 10.1. The molecule has 4 aromatic rings. The summed E-state index contributed by atoms with van der Waals surface area (Å²) in [7, 11) is -3.77. The SMILES string of the molecule is CCOc1ccc(NS(=O)(=O)c2ccc(NC(=O)c3ccc(CSc4ccc(C)cc4)cc3)cc2)cc1. The Labute approximate surface area is 222 Å². The van der Waals surface area contributed by atoms with Gasteiger partial charge in [-0.3, -0.25) is 9.52 Å². The first-order chi connectivity index (χ1) is 17.8. The van der Waals surface area contributed by atoms with Gasteiger partial charge in [-0.25, -0.2) is 8.42 Å². The van der Waals surface area contributed by atoms with E-state index < -0.39 is 10.0 Å². The molecular weight excluding hydrogens is 504 g/mol. The van der Waals surface area contributed by atoms with Gasteiger partial charge in [0.2, 0.25) is 0 Å². The third-order valence-electron chi connectivity index (χ3n) is 5.48. The minimum atomic E-state index is -3.77. The molecule has 0 aliphatic heterocycles. The number of aryl methyl sites for hydroxylation is 1. The molecule has 0 fully saturated rings. The van der Waals surface area contributed by atoms with Crippen LogP contribution in [0.3, 0.4) is 0 Å². The van der Waals surface area contributed by atoms with Crippen molar-refractivity contribution in [1.82, 2.24) is 0 Å². The summed E-state index contributed by atoms with van der Waals surface area (Å²) >= 11 is 1.74. The molecule has 1 amide bonds. The zero-order valence-corrected chi connectivity index (χ0v) is 22.2. The quantitative estimate of drug-likeness (QED) is 0.221. The Morgan fingerprint density at radius 1 is 0.811 bits per heavy atom. The van der Waals surface area contributed by atoms with E-state index in [1.165, 1.54) is 22.6 Å². The van der Waals surface area contributed by atoms with Gasteiger partial charge in [0.25, 0.3) is 15.9 Å². The number of nitrogens with one attached hydrogen (secondary N) is 2. The topological polar surface area (TPSA) is 84.5 Å². The minimum absolute atomic E-state index is 0.0924. The third kappa shape index (κ3) is 7.38. The van der Waals surface area contributed by atoms with Gasteiger partial charge in [0, 0.05) is 27.6 Å². The first-order valence-corrected chi connectivity index (χ1v) is 14.2. The standard InChI is InChI=1S/C29H28N2O4S2/c1-3-35-26-14-10-25(11-15-26)31-37(33,34)28-18-12-24(13-19-28)30-29(32)23-8-6-22(7-9-23)20-36-27-16-4-21(2)5-17-27/h4-19,31H,3,20H2,1-2H3,(H,30,32). The molecule has 0 aliphatic rings. The number of thioether (sulfide) groups is 1. The van der Waals surface area contributed by atoms with Crippen molar-refractivity contribution in [2.24, 2.45) is 0 Å². The molecule has 0 aliphatic carbocycles. The third-order valence-corrected chi connectivity index (χ3v) is 7.96. The smallest absolute Gasteiger partial charge is 0.261 e. The molecule has 0 bridgehead atoms. The van der Waals surface area contributed by atoms with E-state index in [1.807, 2.05) is 19.1 Å². The van der Waals surface area contributed by atoms with E-state index in [0.29, 0.717) is 29.3 Å². The van der Waals surface area contributed by atoms with E-state index in [0.717, 1.165) is 11.3 Å². The first kappa shape index (κ1) is 26.3. The molecule has 0 aromatic heterocycles. The summed E-state index contributed by atoms with van der Waals surface area (Å²) in [5, 5.41) is 2.81. The summed E-state index contributed by atoms with van der Waals surface area (Å²) < 4.78 is 33.4. The normalized spacial score (nSPS) is 11.1. The summed E-state index contributed by atoms with van der Waals surface area (Å²) in [5.74, 6) is 1.22. The summed E-state index contributed by atoms with van der Waals surface area (Å²) in [6.45, 7) is 4.48. The first-order valence-electron chi connectivity index (χ1n) is 11.8. The lowest BCUT2D eigenvalue weighted by molar-refractivity contribution is 0.102. The molecule has 0 spiro atoms. The maximum absolute atomic E-state index is 12.7. The van der Waals surface area contributed by atoms with Crippen molar-refractivity contribution < 1.29 is 17.9 Å². The molecule has 0 saturated heterocycles. The van der Waals surface area contributed by atoms with Crippen molar-refractivity contribution in [3.05, 3.63) is 114 Å². The van der Waals surface area contributed by atoms with Gasteiger partial charge in [-0.2, -0.15) is 0 Å². The van der Waals surface area contributed by atoms with Crippen LogP contribution in [0.15, 0.2) is 107 Å². The second kappa shape index (κ2) is 12.0. The van der Waals surface area contributed by atoms with Gasteiger partial charge in [0.15, 0.2) is 0 Å². The highest BCUT2D eigenvalue weighted by Crippen LogP contribution is 2.24. The molecule has 4 rings (SSSR count). The number of amides is 1. The predicted octanol–water partition coefficient (Wildman–Crippen LogP) is 6.74. The molecule has 0 radical (unpaired) electrons. The largest absolute Gasteiger partial charge is 0.494 e. The van der Waals surface area contributed by atoms with Gasteiger partial charge in [-0.05, 0) is 92.2 Å². The van der Waals surface area contributed by atoms with Crippen LogP contribution < -0.4 is 14.8 Å². The molecule has 0 heterocycles. The fourth-order valence-electron chi connectivity index (χ4n) is 3.47. The molecule has 190 valence electrons. The number of carbonyl (C=O) groups is 1. The van der Waals surface area contributed by atoms with E-state index >= 15 is 0 Å². The molecule has 4 aromatic carbocycles. The van der Waals surface area contributed by atoms with Gasteiger partial charge in [0.1, 0.15) is 5.75 Å². The molecule has 8 heteroatoms. The highest BCUT2D eigenvalue weighted by molar-refractivity contribution is 7.98. The van der Waals surface area contributed by atoms with Gasteiger partial charge in [-0.15, -0.1) is 11.8 Å². The average molecular weight is 533 g/mol. The fraction of sp³-hybridized carbons (Fsp3) is 0.138. The molecule has 6 nitrogen and oxygen atoms in total. The molecule has 0 atom stereocenters. The van der Waals surface area contributed by atoms with Crippen LogP contribution in [0.4, 0.5) is 11.4 Å². The van der Waals surface area contributed by atoms with E-state index in [1.54, 1.807) is 60.3 Å². The van der Waals surface area contributed by atoms with Gasteiger partial charge in [-0.1, -0.05) is 29.8 Å². The number of anilines is 2. The van der Waals surface area contributed by atoms with Crippen molar-refractivity contribution in [3.8, 4) is 5.75 Å². The molecule has 0 unspecified atom stereocenters. The molecular formula is C29H28N2O4S2. The summed E-state index contributed by atoms with van der Waals surface area (Å²) in [4.78, 5) is 14.0. The number of carbonyl (C=O) groups excluding carboxylic acids is 1. The number of benzene rings is 4. The van der Waals surface area contributed by atoms with E-state index in [-0.39, 0.29) is 10.8 Å². The number of hydrogen-bond acceptors (Lipinski definition) is 5. The second-order valence-corrected chi connectivity index (χ2v) is 11.1. The van der Waals surface area contributed by atoms with Crippen LogP contribution in [0.1, 0.15) is 28.4 Å². The second-order valence-electron chi connectivity index (χ2n) is 8.34. The van der Waals surface area contributed by atoms with Crippen molar-refractivity contribution in [3.63, 3.8) is 0 Å². The summed E-state index contributed by atoms with van der Waals surface area (Å²) in [6, 6.07) is 28.6. The van der Waals surface area contributed by atoms with Crippen LogP contribution >= 0.6 is 11.8 Å². The lowest BCUT2D eigenvalue weighted by Gasteiger charge is -2.10. The van der Waals surface area contributed by atoms with Crippen LogP contribution in [0.2, 0.25) is 0 Å². The van der Waals surface area contributed by atoms with E-state index in [9.17, 15) is 13.2 Å². The van der Waals surface area contributed by atoms with Gasteiger partial charge in [0.05, 0.1) is 11.5 Å². The van der Waals surface area contributed by atoms with E-state index in [2.05, 4.69) is 41.2 Å². The van der Waals surface area contributed by atoms with Gasteiger partial charge < -0.3 is 10.1 Å². The highest BCUT2D eigenvalue weighted by Gasteiger charge is 2.15. The zero-order chi connectivity index (χ0) is 26.3. The van der Waals surface area contributed by atoms with Crippen LogP contribution in [0.5, 0.6) is 5.75 Å². The van der Waals surface area contributed by atoms with Gasteiger partial charge >= 0.3 is 0 Å². The van der Waals surface area contributed by atoms with Crippen molar-refractivity contribution in [2.45, 2.75) is 29.4 Å². The molecule has 0 saturated carbocycles. The highest BCUT2D eigenvalue weighted by atomic mass is 32.2. The lowest BCUT2D eigenvalue weighted by Crippen LogP contribution is -2.14. The number of ether oxygens (including phenoxy) is 1. The van der Waals surface area contributed by atoms with E-state index in [4.69, 9.17) is 4.74 Å².